The Bertz CT molecular complexity index is 685. The third-order valence-electron chi connectivity index (χ3n) is 6.23. The molecule has 2 aliphatic carbocycles. The van der Waals surface area contributed by atoms with E-state index in [9.17, 15) is 10.2 Å². The molecule has 21 heavy (non-hydrogen) atoms. The molecule has 1 saturated carbocycles. The highest BCUT2D eigenvalue weighted by atomic mass is 16.5. The molecule has 2 aliphatic heterocycles. The number of aliphatic hydroxyl groups is 1. The third-order valence-corrected chi connectivity index (χ3v) is 6.23. The molecule has 2 fully saturated rings. The van der Waals surface area contributed by atoms with Crippen LogP contribution in [0.4, 0.5) is 0 Å². The van der Waals surface area contributed by atoms with Gasteiger partial charge in [0.1, 0.15) is 6.10 Å². The summed E-state index contributed by atoms with van der Waals surface area (Å²) in [6.45, 7) is 5.06. The SMILES string of the molecule is C=C1CC[C@@]2(O)[C@H]3Cc4ccc(O)c5c4[C@@]2(CCN3)[C@H]1O5. The van der Waals surface area contributed by atoms with Crippen LogP contribution < -0.4 is 10.1 Å². The van der Waals surface area contributed by atoms with E-state index in [2.05, 4.69) is 11.9 Å². The molecule has 0 radical (unpaired) electrons. The smallest absolute Gasteiger partial charge is 0.166 e. The Kier molecular flexibility index (Phi) is 1.98. The minimum atomic E-state index is -0.802. The van der Waals surface area contributed by atoms with Crippen molar-refractivity contribution in [2.24, 2.45) is 0 Å². The van der Waals surface area contributed by atoms with Crippen LogP contribution in [-0.2, 0) is 11.8 Å². The maximum absolute atomic E-state index is 11.6. The van der Waals surface area contributed by atoms with E-state index in [1.54, 1.807) is 6.07 Å². The first-order chi connectivity index (χ1) is 10.1. The summed E-state index contributed by atoms with van der Waals surface area (Å²) in [4.78, 5) is 0. The molecule has 3 N–H and O–H groups in total. The van der Waals surface area contributed by atoms with Gasteiger partial charge < -0.3 is 20.3 Å². The van der Waals surface area contributed by atoms with Crippen molar-refractivity contribution in [3.63, 3.8) is 0 Å². The second kappa shape index (κ2) is 3.45. The first-order valence-electron chi connectivity index (χ1n) is 7.73. The van der Waals surface area contributed by atoms with Crippen molar-refractivity contribution in [2.75, 3.05) is 6.54 Å². The standard InChI is InChI=1S/C17H19NO3/c1-9-4-5-17(20)12-8-10-2-3-11(19)14-13(10)16(17,6-7-18-12)15(9)21-14/h2-3,12,15,18-20H,1,4-8H2/t12-,15+,16+,17-/m1/s1. The highest BCUT2D eigenvalue weighted by Gasteiger charge is 2.70. The monoisotopic (exact) mass is 285 g/mol. The van der Waals surface area contributed by atoms with Crippen LogP contribution in [0.1, 0.15) is 30.4 Å². The number of hydrogen-bond acceptors (Lipinski definition) is 4. The summed E-state index contributed by atoms with van der Waals surface area (Å²) in [6.07, 6.45) is 2.92. The molecule has 1 aromatic carbocycles. The Hall–Kier alpha value is -1.52. The fraction of sp³-hybridized carbons (Fsp3) is 0.529. The Labute approximate surface area is 123 Å². The van der Waals surface area contributed by atoms with Gasteiger partial charge in [-0.2, -0.15) is 0 Å². The number of phenols is 1. The summed E-state index contributed by atoms with van der Waals surface area (Å²) in [5.41, 5.74) is 2.06. The zero-order valence-corrected chi connectivity index (χ0v) is 11.9. The van der Waals surface area contributed by atoms with Gasteiger partial charge in [0.15, 0.2) is 11.5 Å². The second-order valence-electron chi connectivity index (χ2n) is 6.96. The van der Waals surface area contributed by atoms with E-state index in [1.807, 2.05) is 6.07 Å². The fourth-order valence-electron chi connectivity index (χ4n) is 5.35. The van der Waals surface area contributed by atoms with E-state index in [0.717, 1.165) is 43.4 Å². The van der Waals surface area contributed by atoms with Gasteiger partial charge in [-0.15, -0.1) is 0 Å². The Balaban J connectivity index is 1.89. The van der Waals surface area contributed by atoms with Crippen molar-refractivity contribution in [2.45, 2.75) is 48.8 Å². The molecular formula is C17H19NO3. The van der Waals surface area contributed by atoms with Crippen LogP contribution in [0.25, 0.3) is 0 Å². The van der Waals surface area contributed by atoms with E-state index in [1.165, 1.54) is 5.56 Å². The average Bonchev–Trinajstić information content (AvgIpc) is 2.80. The molecule has 1 saturated heterocycles. The summed E-state index contributed by atoms with van der Waals surface area (Å²) >= 11 is 0. The second-order valence-corrected chi connectivity index (χ2v) is 6.96. The molecule has 1 spiro atoms. The predicted molar refractivity (Wildman–Crippen MR) is 77.6 cm³/mol. The summed E-state index contributed by atoms with van der Waals surface area (Å²) in [7, 11) is 0. The molecule has 2 heterocycles. The van der Waals surface area contributed by atoms with Crippen LogP contribution in [0.2, 0.25) is 0 Å². The van der Waals surface area contributed by atoms with Gasteiger partial charge >= 0.3 is 0 Å². The van der Waals surface area contributed by atoms with E-state index in [4.69, 9.17) is 4.74 Å². The highest BCUT2D eigenvalue weighted by molar-refractivity contribution is 5.63. The van der Waals surface area contributed by atoms with Gasteiger partial charge in [-0.3, -0.25) is 0 Å². The van der Waals surface area contributed by atoms with Gasteiger partial charge in [0.05, 0.1) is 11.0 Å². The lowest BCUT2D eigenvalue weighted by atomic mass is 9.49. The largest absolute Gasteiger partial charge is 0.504 e. The van der Waals surface area contributed by atoms with E-state index in [-0.39, 0.29) is 17.9 Å². The lowest BCUT2D eigenvalue weighted by molar-refractivity contribution is -0.135. The average molecular weight is 285 g/mol. The van der Waals surface area contributed by atoms with Gasteiger partial charge in [-0.25, -0.2) is 0 Å². The number of benzene rings is 1. The van der Waals surface area contributed by atoms with Crippen molar-refractivity contribution in [1.82, 2.24) is 5.32 Å². The minimum Gasteiger partial charge on any atom is -0.504 e. The van der Waals surface area contributed by atoms with Crippen molar-refractivity contribution < 1.29 is 14.9 Å². The molecule has 2 bridgehead atoms. The number of aromatic hydroxyl groups is 1. The molecule has 110 valence electrons. The van der Waals surface area contributed by atoms with E-state index >= 15 is 0 Å². The maximum Gasteiger partial charge on any atom is 0.166 e. The summed E-state index contributed by atoms with van der Waals surface area (Å²) in [5, 5.41) is 25.3. The molecule has 1 aromatic rings. The lowest BCUT2D eigenvalue weighted by Crippen LogP contribution is -2.74. The fourth-order valence-corrected chi connectivity index (χ4v) is 5.35. The quantitative estimate of drug-likeness (QED) is 0.630. The van der Waals surface area contributed by atoms with Gasteiger partial charge in [-0.1, -0.05) is 12.6 Å². The molecular weight excluding hydrogens is 266 g/mol. The van der Waals surface area contributed by atoms with Crippen molar-refractivity contribution in [3.8, 4) is 11.5 Å². The van der Waals surface area contributed by atoms with Gasteiger partial charge in [0, 0.05) is 11.6 Å². The molecule has 4 nitrogen and oxygen atoms in total. The van der Waals surface area contributed by atoms with Crippen molar-refractivity contribution in [3.05, 3.63) is 35.4 Å². The number of piperidine rings is 1. The van der Waals surface area contributed by atoms with Crippen LogP contribution in [0.15, 0.2) is 24.3 Å². The minimum absolute atomic E-state index is 0.0634. The van der Waals surface area contributed by atoms with Crippen LogP contribution in [0, 0.1) is 0 Å². The summed E-state index contributed by atoms with van der Waals surface area (Å²) in [6, 6.07) is 3.76. The molecule has 0 aromatic heterocycles. The van der Waals surface area contributed by atoms with E-state index in [0.29, 0.717) is 5.75 Å². The number of nitrogens with one attached hydrogen (secondary N) is 1. The lowest BCUT2D eigenvalue weighted by Gasteiger charge is -2.60. The van der Waals surface area contributed by atoms with Crippen molar-refractivity contribution in [1.29, 1.82) is 0 Å². The zero-order valence-electron chi connectivity index (χ0n) is 11.9. The van der Waals surface area contributed by atoms with Gasteiger partial charge in [-0.05, 0) is 49.4 Å². The third kappa shape index (κ3) is 1.10. The number of phenolic OH excluding ortho intramolecular Hbond substituents is 1. The first-order valence-corrected chi connectivity index (χ1v) is 7.73. The summed E-state index contributed by atoms with van der Waals surface area (Å²) in [5.74, 6) is 0.768. The van der Waals surface area contributed by atoms with Crippen LogP contribution in [0.3, 0.4) is 0 Å². The van der Waals surface area contributed by atoms with Crippen LogP contribution in [0.5, 0.6) is 11.5 Å². The number of ether oxygens (including phenoxy) is 1. The Morgan fingerprint density at radius 1 is 1.33 bits per heavy atom. The number of rotatable bonds is 0. The molecule has 5 rings (SSSR count). The molecule has 0 amide bonds. The molecule has 4 heteroatoms. The number of hydrogen-bond donors (Lipinski definition) is 3. The Morgan fingerprint density at radius 3 is 3.05 bits per heavy atom. The topological polar surface area (TPSA) is 61.7 Å². The van der Waals surface area contributed by atoms with Gasteiger partial charge in [0.25, 0.3) is 0 Å². The van der Waals surface area contributed by atoms with Crippen molar-refractivity contribution >= 4 is 0 Å². The first kappa shape index (κ1) is 12.1. The summed E-state index contributed by atoms with van der Waals surface area (Å²) < 4.78 is 6.15. The Morgan fingerprint density at radius 2 is 2.19 bits per heavy atom. The molecule has 0 unspecified atom stereocenters. The normalized spacial score (nSPS) is 42.4. The van der Waals surface area contributed by atoms with E-state index < -0.39 is 11.0 Å². The van der Waals surface area contributed by atoms with Crippen LogP contribution in [-0.4, -0.2) is 34.5 Å². The molecule has 4 aliphatic rings. The van der Waals surface area contributed by atoms with Gasteiger partial charge in [0.2, 0.25) is 0 Å². The highest BCUT2D eigenvalue weighted by Crippen LogP contribution is 2.64. The zero-order chi connectivity index (χ0) is 14.4. The maximum atomic E-state index is 11.6. The van der Waals surface area contributed by atoms with Crippen LogP contribution >= 0.6 is 0 Å². The predicted octanol–water partition coefficient (Wildman–Crippen LogP) is 1.39. The molecule has 4 atom stereocenters.